The molecule has 0 saturated carbocycles. The first-order valence-electron chi connectivity index (χ1n) is 7.25. The van der Waals surface area contributed by atoms with E-state index in [0.29, 0.717) is 23.6 Å². The molecule has 0 radical (unpaired) electrons. The van der Waals surface area contributed by atoms with Crippen molar-refractivity contribution in [3.05, 3.63) is 59.2 Å². The Hall–Kier alpha value is -2.49. The van der Waals surface area contributed by atoms with Crippen molar-refractivity contribution in [1.29, 1.82) is 0 Å². The van der Waals surface area contributed by atoms with Crippen molar-refractivity contribution in [2.45, 2.75) is 19.9 Å². The predicted molar refractivity (Wildman–Crippen MR) is 86.5 cm³/mol. The number of carbonyl (C=O) groups is 1. The number of amides is 1. The highest BCUT2D eigenvalue weighted by Gasteiger charge is 2.09. The lowest BCUT2D eigenvalue weighted by Gasteiger charge is -2.09. The summed E-state index contributed by atoms with van der Waals surface area (Å²) in [6.07, 6.45) is 1.01. The Kier molecular flexibility index (Phi) is 5.42. The van der Waals surface area contributed by atoms with Gasteiger partial charge in [0.2, 0.25) is 0 Å². The van der Waals surface area contributed by atoms with E-state index >= 15 is 0 Å². The van der Waals surface area contributed by atoms with Crippen molar-refractivity contribution in [3.8, 4) is 11.5 Å². The van der Waals surface area contributed by atoms with Gasteiger partial charge < -0.3 is 14.8 Å². The van der Waals surface area contributed by atoms with Crippen molar-refractivity contribution in [3.63, 3.8) is 0 Å². The van der Waals surface area contributed by atoms with Gasteiger partial charge in [0.25, 0.3) is 5.91 Å². The highest BCUT2D eigenvalue weighted by Crippen LogP contribution is 2.22. The zero-order valence-electron chi connectivity index (χ0n) is 13.2. The van der Waals surface area contributed by atoms with E-state index in [1.54, 1.807) is 32.4 Å². The van der Waals surface area contributed by atoms with Gasteiger partial charge in [-0.2, -0.15) is 0 Å². The van der Waals surface area contributed by atoms with Gasteiger partial charge in [-0.3, -0.25) is 4.79 Å². The molecule has 22 heavy (non-hydrogen) atoms. The third-order valence-electron chi connectivity index (χ3n) is 3.50. The van der Waals surface area contributed by atoms with E-state index in [2.05, 4.69) is 24.4 Å². The van der Waals surface area contributed by atoms with Crippen LogP contribution in [0.15, 0.2) is 42.5 Å². The molecule has 4 nitrogen and oxygen atoms in total. The van der Waals surface area contributed by atoms with Crippen LogP contribution >= 0.6 is 0 Å². The summed E-state index contributed by atoms with van der Waals surface area (Å²) < 4.78 is 10.4. The van der Waals surface area contributed by atoms with Crippen LogP contribution in [0.25, 0.3) is 0 Å². The molecule has 0 aliphatic rings. The van der Waals surface area contributed by atoms with Crippen LogP contribution in [0.4, 0.5) is 0 Å². The van der Waals surface area contributed by atoms with E-state index in [1.807, 2.05) is 12.1 Å². The molecule has 2 aromatic carbocycles. The van der Waals surface area contributed by atoms with Gasteiger partial charge in [-0.15, -0.1) is 0 Å². The Morgan fingerprint density at radius 2 is 1.50 bits per heavy atom. The SMILES string of the molecule is CCc1ccc(CNC(=O)c2cc(OC)cc(OC)c2)cc1. The Labute approximate surface area is 131 Å². The molecule has 1 amide bonds. The topological polar surface area (TPSA) is 47.6 Å². The lowest BCUT2D eigenvalue weighted by Crippen LogP contribution is -2.22. The molecule has 0 aliphatic carbocycles. The molecule has 0 saturated heterocycles. The van der Waals surface area contributed by atoms with E-state index in [1.165, 1.54) is 5.56 Å². The van der Waals surface area contributed by atoms with Crippen molar-refractivity contribution in [2.75, 3.05) is 14.2 Å². The van der Waals surface area contributed by atoms with Gasteiger partial charge in [-0.25, -0.2) is 0 Å². The fourth-order valence-corrected chi connectivity index (χ4v) is 2.12. The van der Waals surface area contributed by atoms with E-state index < -0.39 is 0 Å². The fourth-order valence-electron chi connectivity index (χ4n) is 2.12. The molecule has 0 unspecified atom stereocenters. The second-order valence-electron chi connectivity index (χ2n) is 4.95. The van der Waals surface area contributed by atoms with Crippen LogP contribution in [-0.2, 0) is 13.0 Å². The maximum atomic E-state index is 12.3. The maximum Gasteiger partial charge on any atom is 0.251 e. The molecule has 1 N–H and O–H groups in total. The first-order chi connectivity index (χ1) is 10.7. The normalized spacial score (nSPS) is 10.1. The Morgan fingerprint density at radius 3 is 2.00 bits per heavy atom. The summed E-state index contributed by atoms with van der Waals surface area (Å²) in [6, 6.07) is 13.3. The van der Waals surface area contributed by atoms with Gasteiger partial charge in [0, 0.05) is 18.2 Å². The van der Waals surface area contributed by atoms with E-state index in [-0.39, 0.29) is 5.91 Å². The first kappa shape index (κ1) is 15.9. The van der Waals surface area contributed by atoms with Gasteiger partial charge in [0.1, 0.15) is 11.5 Å². The summed E-state index contributed by atoms with van der Waals surface area (Å²) in [5.41, 5.74) is 2.87. The van der Waals surface area contributed by atoms with Crippen molar-refractivity contribution in [2.24, 2.45) is 0 Å². The van der Waals surface area contributed by atoms with Gasteiger partial charge in [0.15, 0.2) is 0 Å². The molecule has 0 aromatic heterocycles. The standard InChI is InChI=1S/C18H21NO3/c1-4-13-5-7-14(8-6-13)12-19-18(20)15-9-16(21-2)11-17(10-15)22-3/h5-11H,4,12H2,1-3H3,(H,19,20). The summed E-state index contributed by atoms with van der Waals surface area (Å²) in [7, 11) is 3.12. The molecule has 2 aromatic rings. The smallest absolute Gasteiger partial charge is 0.251 e. The number of ether oxygens (including phenoxy) is 2. The number of rotatable bonds is 6. The third kappa shape index (κ3) is 4.01. The van der Waals surface area contributed by atoms with E-state index in [0.717, 1.165) is 12.0 Å². The Balaban J connectivity index is 2.05. The van der Waals surface area contributed by atoms with Crippen LogP contribution in [0, 0.1) is 0 Å². The number of hydrogen-bond acceptors (Lipinski definition) is 3. The van der Waals surface area contributed by atoms with Crippen LogP contribution in [0.2, 0.25) is 0 Å². The van der Waals surface area contributed by atoms with Crippen molar-refractivity contribution < 1.29 is 14.3 Å². The first-order valence-corrected chi connectivity index (χ1v) is 7.25. The van der Waals surface area contributed by atoms with Crippen molar-refractivity contribution in [1.82, 2.24) is 5.32 Å². The number of carbonyl (C=O) groups excluding carboxylic acids is 1. The van der Waals surface area contributed by atoms with Gasteiger partial charge >= 0.3 is 0 Å². The summed E-state index contributed by atoms with van der Waals surface area (Å²) >= 11 is 0. The minimum atomic E-state index is -0.156. The summed E-state index contributed by atoms with van der Waals surface area (Å²) in [6.45, 7) is 2.61. The largest absolute Gasteiger partial charge is 0.497 e. The highest BCUT2D eigenvalue weighted by atomic mass is 16.5. The number of nitrogens with one attached hydrogen (secondary N) is 1. The van der Waals surface area contributed by atoms with Crippen LogP contribution < -0.4 is 14.8 Å². The fraction of sp³-hybridized carbons (Fsp3) is 0.278. The summed E-state index contributed by atoms with van der Waals surface area (Å²) in [5.74, 6) is 1.03. The zero-order chi connectivity index (χ0) is 15.9. The van der Waals surface area contributed by atoms with Gasteiger partial charge in [0.05, 0.1) is 14.2 Å². The van der Waals surface area contributed by atoms with Crippen LogP contribution in [-0.4, -0.2) is 20.1 Å². The second-order valence-corrected chi connectivity index (χ2v) is 4.95. The summed E-state index contributed by atoms with van der Waals surface area (Å²) in [4.78, 5) is 12.3. The van der Waals surface area contributed by atoms with Gasteiger partial charge in [-0.05, 0) is 29.7 Å². The molecule has 116 valence electrons. The van der Waals surface area contributed by atoms with Crippen LogP contribution in [0.5, 0.6) is 11.5 Å². The average molecular weight is 299 g/mol. The van der Waals surface area contributed by atoms with Crippen LogP contribution in [0.3, 0.4) is 0 Å². The minimum Gasteiger partial charge on any atom is -0.497 e. The van der Waals surface area contributed by atoms with Crippen molar-refractivity contribution >= 4 is 5.91 Å². The maximum absolute atomic E-state index is 12.3. The molecule has 2 rings (SSSR count). The van der Waals surface area contributed by atoms with Gasteiger partial charge in [-0.1, -0.05) is 31.2 Å². The lowest BCUT2D eigenvalue weighted by atomic mass is 10.1. The number of methoxy groups -OCH3 is 2. The zero-order valence-corrected chi connectivity index (χ0v) is 13.2. The van der Waals surface area contributed by atoms with E-state index in [4.69, 9.17) is 9.47 Å². The molecule has 0 fully saturated rings. The quantitative estimate of drug-likeness (QED) is 0.891. The Morgan fingerprint density at radius 1 is 0.955 bits per heavy atom. The number of aryl methyl sites for hydroxylation is 1. The molecular weight excluding hydrogens is 278 g/mol. The molecule has 0 atom stereocenters. The molecule has 0 aliphatic heterocycles. The lowest BCUT2D eigenvalue weighted by molar-refractivity contribution is 0.0950. The Bertz CT molecular complexity index is 613. The molecule has 0 bridgehead atoms. The molecule has 0 heterocycles. The molecule has 0 spiro atoms. The summed E-state index contributed by atoms with van der Waals surface area (Å²) in [5, 5.41) is 2.91. The predicted octanol–water partition coefficient (Wildman–Crippen LogP) is 3.20. The van der Waals surface area contributed by atoms with Crippen LogP contribution in [0.1, 0.15) is 28.4 Å². The minimum absolute atomic E-state index is 0.156. The molecular formula is C18H21NO3. The molecule has 4 heteroatoms. The average Bonchev–Trinajstić information content (AvgIpc) is 2.59. The highest BCUT2D eigenvalue weighted by molar-refractivity contribution is 5.95. The van der Waals surface area contributed by atoms with E-state index in [9.17, 15) is 4.79 Å². The third-order valence-corrected chi connectivity index (χ3v) is 3.50. The number of hydrogen-bond donors (Lipinski definition) is 1. The second kappa shape index (κ2) is 7.50. The monoisotopic (exact) mass is 299 g/mol. The number of benzene rings is 2.